The van der Waals surface area contributed by atoms with E-state index in [9.17, 15) is 20.2 Å². The molecule has 0 aliphatic carbocycles. The van der Waals surface area contributed by atoms with Gasteiger partial charge in [-0.3, -0.25) is 0 Å². The van der Waals surface area contributed by atoms with E-state index in [1.165, 1.54) is 0 Å². The van der Waals surface area contributed by atoms with Gasteiger partial charge in [0, 0.05) is 64.8 Å². The Bertz CT molecular complexity index is 1170. The number of guanidine groups is 2. The van der Waals surface area contributed by atoms with E-state index in [2.05, 4.69) is 20.2 Å². The molecule has 2 saturated heterocycles. The van der Waals surface area contributed by atoms with Crippen LogP contribution in [0.25, 0.3) is 0 Å². The molecule has 226 valence electrons. The Hall–Kier alpha value is -3.78. The number of nitro groups is 2. The molecule has 42 heavy (non-hydrogen) atoms. The highest BCUT2D eigenvalue weighted by molar-refractivity contribution is 6.29. The Labute approximate surface area is 253 Å². The number of hydrazone groups is 2. The van der Waals surface area contributed by atoms with Crippen molar-refractivity contribution in [3.05, 3.63) is 78.3 Å². The van der Waals surface area contributed by atoms with Crippen molar-refractivity contribution in [1.82, 2.24) is 29.6 Å². The van der Waals surface area contributed by atoms with Gasteiger partial charge in [0.2, 0.25) is 0 Å². The van der Waals surface area contributed by atoms with Crippen LogP contribution in [-0.4, -0.2) is 90.8 Å². The number of pyridine rings is 2. The predicted octanol–water partition coefficient (Wildman–Crippen LogP) is 4.15. The number of aromatic nitrogens is 2. The van der Waals surface area contributed by atoms with E-state index in [4.69, 9.17) is 23.2 Å². The summed E-state index contributed by atoms with van der Waals surface area (Å²) in [5.74, 6) is 0.767. The molecular formula is C26H34Cl2N10O4. The van der Waals surface area contributed by atoms with Gasteiger partial charge in [-0.25, -0.2) is 30.2 Å². The summed E-state index contributed by atoms with van der Waals surface area (Å²) in [6, 6.07) is 7.12. The molecule has 14 nitrogen and oxygen atoms in total. The first kappa shape index (κ1) is 31.2. The average molecular weight is 622 g/mol. The molecule has 2 aliphatic rings. The Balaban J connectivity index is 1.15. The molecule has 0 spiro atoms. The van der Waals surface area contributed by atoms with Crippen LogP contribution < -0.4 is 0 Å². The molecule has 0 atom stereocenters. The van der Waals surface area contributed by atoms with Gasteiger partial charge in [-0.05, 0) is 36.1 Å². The van der Waals surface area contributed by atoms with Crippen LogP contribution in [0, 0.1) is 20.2 Å². The van der Waals surface area contributed by atoms with Crippen molar-refractivity contribution in [2.24, 2.45) is 10.2 Å². The zero-order valence-electron chi connectivity index (χ0n) is 23.2. The molecule has 0 unspecified atom stereocenters. The Kier molecular flexibility index (Phi) is 11.5. The van der Waals surface area contributed by atoms with Crippen LogP contribution in [0.15, 0.2) is 46.9 Å². The van der Waals surface area contributed by atoms with Gasteiger partial charge in [-0.2, -0.15) is 0 Å². The van der Waals surface area contributed by atoms with Crippen LogP contribution in [0.5, 0.6) is 0 Å². The highest BCUT2D eigenvalue weighted by Gasteiger charge is 2.30. The smallest absolute Gasteiger partial charge is 0.274 e. The number of hydrogen-bond acceptors (Lipinski definition) is 6. The third kappa shape index (κ3) is 9.38. The standard InChI is InChI=1S/C26H34Cl2N10O4/c27-23-9-7-21(17-29-23)19-35-15-13-33(25(35)31-37(39)40)11-5-3-1-2-4-6-12-34-14-16-36(26(34)32-38(41)42)20-22-8-10-24(28)30-18-22/h7-10,17-18H,1-6,11-16,19-20H2/b31-25-,32-26-. The van der Waals surface area contributed by atoms with Gasteiger partial charge in [0.1, 0.15) is 20.5 Å². The van der Waals surface area contributed by atoms with Gasteiger partial charge < -0.3 is 19.6 Å². The number of hydrogen-bond donors (Lipinski definition) is 0. The van der Waals surface area contributed by atoms with E-state index in [-0.39, 0.29) is 0 Å². The lowest BCUT2D eigenvalue weighted by molar-refractivity contribution is -0.486. The molecule has 0 N–H and O–H groups in total. The first-order valence-corrected chi connectivity index (χ1v) is 14.7. The first-order chi connectivity index (χ1) is 20.3. The average Bonchev–Trinajstić information content (AvgIpc) is 3.50. The molecule has 4 rings (SSSR count). The van der Waals surface area contributed by atoms with Gasteiger partial charge in [-0.15, -0.1) is 0 Å². The SMILES string of the molecule is O=[N+]([O-])/N=C1/N(CCCCCCCCN2CCN(Cc3ccc(Cl)nc3)/C2=N\[N+](=O)[O-])CCN1Cc1ccc(Cl)nc1. The van der Waals surface area contributed by atoms with E-state index in [0.717, 1.165) is 49.7 Å². The van der Waals surface area contributed by atoms with Gasteiger partial charge >= 0.3 is 0 Å². The normalized spacial score (nSPS) is 17.2. The van der Waals surface area contributed by atoms with Crippen LogP contribution in [-0.2, 0) is 13.1 Å². The van der Waals surface area contributed by atoms with Crippen molar-refractivity contribution < 1.29 is 10.1 Å². The van der Waals surface area contributed by atoms with Gasteiger partial charge in [0.05, 0.1) is 0 Å². The number of nitrogens with zero attached hydrogens (tertiary/aromatic N) is 10. The van der Waals surface area contributed by atoms with E-state index >= 15 is 0 Å². The Morgan fingerprint density at radius 3 is 1.38 bits per heavy atom. The largest absolute Gasteiger partial charge is 0.336 e. The lowest BCUT2D eigenvalue weighted by Crippen LogP contribution is -2.35. The molecule has 0 saturated carbocycles. The van der Waals surface area contributed by atoms with Crippen molar-refractivity contribution in [1.29, 1.82) is 0 Å². The third-order valence-corrected chi connectivity index (χ3v) is 7.63. The van der Waals surface area contributed by atoms with E-state index in [1.807, 2.05) is 31.7 Å². The van der Waals surface area contributed by atoms with E-state index in [1.54, 1.807) is 24.5 Å². The molecule has 16 heteroatoms. The molecule has 2 fully saturated rings. The molecule has 2 aliphatic heterocycles. The zero-order valence-corrected chi connectivity index (χ0v) is 24.7. The second-order valence-electron chi connectivity index (χ2n) is 10.2. The molecule has 2 aromatic rings. The lowest BCUT2D eigenvalue weighted by Gasteiger charge is -2.21. The molecule has 0 bridgehead atoms. The second kappa shape index (κ2) is 15.4. The molecule has 0 amide bonds. The summed E-state index contributed by atoms with van der Waals surface area (Å²) < 4.78 is 0. The van der Waals surface area contributed by atoms with Crippen molar-refractivity contribution in [2.45, 2.75) is 51.6 Å². The second-order valence-corrected chi connectivity index (χ2v) is 11.0. The fourth-order valence-electron chi connectivity index (χ4n) is 5.16. The first-order valence-electron chi connectivity index (χ1n) is 13.9. The minimum Gasteiger partial charge on any atom is -0.336 e. The topological polar surface area (TPSA) is 150 Å². The summed E-state index contributed by atoms with van der Waals surface area (Å²) in [4.78, 5) is 38.3. The third-order valence-electron chi connectivity index (χ3n) is 7.18. The minimum atomic E-state index is -0.642. The fraction of sp³-hybridized carbons (Fsp3) is 0.538. The summed E-state index contributed by atoms with van der Waals surface area (Å²) in [6.07, 6.45) is 9.25. The summed E-state index contributed by atoms with van der Waals surface area (Å²) >= 11 is 11.7. The van der Waals surface area contributed by atoms with Crippen LogP contribution in [0.3, 0.4) is 0 Å². The van der Waals surface area contributed by atoms with Crippen LogP contribution in [0.2, 0.25) is 10.3 Å². The van der Waals surface area contributed by atoms with Crippen LogP contribution in [0.4, 0.5) is 0 Å². The van der Waals surface area contributed by atoms with Crippen LogP contribution >= 0.6 is 23.2 Å². The Morgan fingerprint density at radius 1 is 0.643 bits per heavy atom. The fourth-order valence-corrected chi connectivity index (χ4v) is 5.38. The molecule has 4 heterocycles. The molecule has 0 aromatic carbocycles. The highest BCUT2D eigenvalue weighted by Crippen LogP contribution is 2.18. The summed E-state index contributed by atoms with van der Waals surface area (Å²) in [5, 5.41) is 29.2. The number of rotatable bonds is 15. The quantitative estimate of drug-likeness (QED) is 0.123. The summed E-state index contributed by atoms with van der Waals surface area (Å²) in [5.41, 5.74) is 1.82. The Morgan fingerprint density at radius 2 is 1.02 bits per heavy atom. The van der Waals surface area contributed by atoms with Crippen molar-refractivity contribution in [2.75, 3.05) is 39.3 Å². The maximum atomic E-state index is 11.2. The van der Waals surface area contributed by atoms with Crippen molar-refractivity contribution in [3.63, 3.8) is 0 Å². The zero-order chi connectivity index (χ0) is 29.9. The lowest BCUT2D eigenvalue weighted by atomic mass is 10.1. The highest BCUT2D eigenvalue weighted by atomic mass is 35.5. The van der Waals surface area contributed by atoms with E-state index in [0.29, 0.717) is 74.6 Å². The van der Waals surface area contributed by atoms with Crippen LogP contribution in [0.1, 0.15) is 49.7 Å². The van der Waals surface area contributed by atoms with E-state index < -0.39 is 10.1 Å². The van der Waals surface area contributed by atoms with Gasteiger partial charge in [0.25, 0.3) is 11.9 Å². The predicted molar refractivity (Wildman–Crippen MR) is 159 cm³/mol. The summed E-state index contributed by atoms with van der Waals surface area (Å²) in [7, 11) is 0. The maximum absolute atomic E-state index is 11.2. The van der Waals surface area contributed by atoms with Crippen molar-refractivity contribution in [3.8, 4) is 0 Å². The minimum absolute atomic E-state index is 0.383. The monoisotopic (exact) mass is 620 g/mol. The number of unbranched alkanes of at least 4 members (excludes halogenated alkanes) is 5. The molecule has 0 radical (unpaired) electrons. The maximum Gasteiger partial charge on any atom is 0.274 e. The summed E-state index contributed by atoms with van der Waals surface area (Å²) in [6.45, 7) is 5.05. The van der Waals surface area contributed by atoms with Gasteiger partial charge in [0.15, 0.2) is 10.1 Å². The van der Waals surface area contributed by atoms with Gasteiger partial charge in [-0.1, -0.05) is 61.0 Å². The molecule has 2 aromatic heterocycles. The molecular weight excluding hydrogens is 587 g/mol. The number of halogens is 2. The van der Waals surface area contributed by atoms with Crippen molar-refractivity contribution >= 4 is 35.1 Å².